The molecule has 4 aliphatic carbocycles. The lowest BCUT2D eigenvalue weighted by Gasteiger charge is -2.65. The number of hydrogen-bond donors (Lipinski definition) is 1. The number of rotatable bonds is 2. The first-order valence-corrected chi connectivity index (χ1v) is 11.1. The largest absolute Gasteiger partial charge is 0.393 e. The van der Waals surface area contributed by atoms with E-state index in [2.05, 4.69) is 27.4 Å². The van der Waals surface area contributed by atoms with Gasteiger partial charge in [-0.15, -0.1) is 6.58 Å². The van der Waals surface area contributed by atoms with E-state index in [9.17, 15) is 9.90 Å². The first kappa shape index (κ1) is 18.7. The van der Waals surface area contributed by atoms with Crippen molar-refractivity contribution in [1.29, 1.82) is 0 Å². The maximum atomic E-state index is 12.9. The van der Waals surface area contributed by atoms with Gasteiger partial charge in [0.25, 0.3) is 0 Å². The van der Waals surface area contributed by atoms with Crippen molar-refractivity contribution in [1.82, 2.24) is 0 Å². The van der Waals surface area contributed by atoms with E-state index in [-0.39, 0.29) is 11.5 Å². The quantitative estimate of drug-likeness (QED) is 0.658. The first-order chi connectivity index (χ1) is 12.2. The number of aliphatic hydroxyl groups excluding tert-OH is 1. The lowest BCUT2D eigenvalue weighted by molar-refractivity contribution is -0.176. The van der Waals surface area contributed by atoms with Crippen LogP contribution in [0.5, 0.6) is 0 Å². The number of Topliss-reactive ketones (excluding diaryl/α,β-unsaturated/α-hetero) is 1. The van der Waals surface area contributed by atoms with Gasteiger partial charge in [-0.25, -0.2) is 0 Å². The van der Waals surface area contributed by atoms with Crippen LogP contribution in [-0.4, -0.2) is 17.0 Å². The fourth-order valence-electron chi connectivity index (χ4n) is 8.19. The monoisotopic (exact) mass is 358 g/mol. The molecule has 4 fully saturated rings. The third kappa shape index (κ3) is 2.50. The Morgan fingerprint density at radius 2 is 1.69 bits per heavy atom. The maximum Gasteiger partial charge on any atom is 0.139 e. The molecule has 146 valence electrons. The first-order valence-electron chi connectivity index (χ1n) is 11.1. The average Bonchev–Trinajstić information content (AvgIpc) is 2.60. The lowest BCUT2D eigenvalue weighted by atomic mass is 9.39. The van der Waals surface area contributed by atoms with E-state index in [0.717, 1.165) is 38.0 Å². The van der Waals surface area contributed by atoms with Crippen molar-refractivity contribution in [3.05, 3.63) is 12.7 Å². The molecule has 0 unspecified atom stereocenters. The van der Waals surface area contributed by atoms with E-state index in [0.29, 0.717) is 34.4 Å². The zero-order valence-corrected chi connectivity index (χ0v) is 17.1. The van der Waals surface area contributed by atoms with Crippen LogP contribution in [0, 0.1) is 39.9 Å². The predicted molar refractivity (Wildman–Crippen MR) is 106 cm³/mol. The summed E-state index contributed by atoms with van der Waals surface area (Å²) in [5.41, 5.74) is 0.601. The number of carbonyl (C=O) groups is 1. The van der Waals surface area contributed by atoms with Gasteiger partial charge in [0, 0.05) is 11.8 Å². The molecule has 2 heteroatoms. The fraction of sp³-hybridized carbons (Fsp3) is 0.875. The molecule has 26 heavy (non-hydrogen) atoms. The van der Waals surface area contributed by atoms with E-state index in [4.69, 9.17) is 0 Å². The van der Waals surface area contributed by atoms with Crippen LogP contribution < -0.4 is 0 Å². The Morgan fingerprint density at radius 1 is 1.00 bits per heavy atom. The molecule has 0 spiro atoms. The van der Waals surface area contributed by atoms with Gasteiger partial charge in [-0.3, -0.25) is 4.79 Å². The van der Waals surface area contributed by atoms with Crippen molar-refractivity contribution in [3.8, 4) is 0 Å². The topological polar surface area (TPSA) is 37.3 Å². The minimum absolute atomic E-state index is 0.0906. The van der Waals surface area contributed by atoms with Crippen LogP contribution in [0.4, 0.5) is 0 Å². The van der Waals surface area contributed by atoms with Gasteiger partial charge in [0.1, 0.15) is 5.78 Å². The fourth-order valence-corrected chi connectivity index (χ4v) is 8.19. The van der Waals surface area contributed by atoms with Gasteiger partial charge in [-0.05, 0) is 92.3 Å². The summed E-state index contributed by atoms with van der Waals surface area (Å²) in [6, 6.07) is 0. The van der Waals surface area contributed by atoms with Crippen molar-refractivity contribution in [2.24, 2.45) is 39.9 Å². The van der Waals surface area contributed by atoms with Crippen LogP contribution in [0.3, 0.4) is 0 Å². The Hall–Kier alpha value is -0.630. The molecule has 0 bridgehead atoms. The molecule has 4 aliphatic rings. The maximum absolute atomic E-state index is 12.9. The van der Waals surface area contributed by atoms with Gasteiger partial charge in [-0.1, -0.05) is 26.8 Å². The smallest absolute Gasteiger partial charge is 0.139 e. The van der Waals surface area contributed by atoms with Gasteiger partial charge in [0.05, 0.1) is 6.10 Å². The van der Waals surface area contributed by atoms with E-state index >= 15 is 0 Å². The predicted octanol–water partition coefficient (Wildman–Crippen LogP) is 5.54. The molecule has 0 heterocycles. The Balaban J connectivity index is 1.67. The second-order valence-corrected chi connectivity index (χ2v) is 11.0. The molecule has 0 radical (unpaired) electrons. The second-order valence-electron chi connectivity index (χ2n) is 11.0. The molecule has 0 amide bonds. The summed E-state index contributed by atoms with van der Waals surface area (Å²) in [7, 11) is 0. The summed E-state index contributed by atoms with van der Waals surface area (Å²) < 4.78 is 0. The second kappa shape index (κ2) is 6.19. The van der Waals surface area contributed by atoms with Crippen LogP contribution in [0.15, 0.2) is 12.7 Å². The van der Waals surface area contributed by atoms with Crippen molar-refractivity contribution in [2.45, 2.75) is 91.1 Å². The summed E-state index contributed by atoms with van der Waals surface area (Å²) in [5.74, 6) is 3.09. The highest BCUT2D eigenvalue weighted by atomic mass is 16.3. The molecular weight excluding hydrogens is 320 g/mol. The third-order valence-electron chi connectivity index (χ3n) is 9.86. The minimum Gasteiger partial charge on any atom is -0.393 e. The standard InChI is InChI=1S/C24H38O2/c1-5-11-24(4)18-6-7-19-20-15-16(25)10-12-22(20,2)13-14-23(19,3)17(18)8-9-21(24)26/h5,16-20,25H,1,6-15H2,2-4H3/t16-,17+,18-,19+,20+,22+,23-,24+/m0/s1. The van der Waals surface area contributed by atoms with E-state index in [1.165, 1.54) is 32.1 Å². The van der Waals surface area contributed by atoms with Crippen LogP contribution in [0.25, 0.3) is 0 Å². The van der Waals surface area contributed by atoms with Crippen molar-refractivity contribution < 1.29 is 9.90 Å². The number of allylic oxidation sites excluding steroid dienone is 1. The molecule has 0 aromatic carbocycles. The van der Waals surface area contributed by atoms with Gasteiger partial charge in [0.15, 0.2) is 0 Å². The zero-order valence-electron chi connectivity index (χ0n) is 17.1. The van der Waals surface area contributed by atoms with Crippen LogP contribution in [-0.2, 0) is 4.79 Å². The summed E-state index contributed by atoms with van der Waals surface area (Å²) >= 11 is 0. The van der Waals surface area contributed by atoms with E-state index < -0.39 is 0 Å². The lowest BCUT2D eigenvalue weighted by Crippen LogP contribution is -2.59. The SMILES string of the molecule is C=CC[C@@]1(C)C(=O)CC[C@@H]2[C@@H]1CC[C@@H]1[C@H]3C[C@@H](O)CC[C@]3(C)CC[C@]12C. The summed E-state index contributed by atoms with van der Waals surface area (Å²) in [4.78, 5) is 12.9. The van der Waals surface area contributed by atoms with Crippen molar-refractivity contribution in [2.75, 3.05) is 0 Å². The number of carbonyl (C=O) groups excluding carboxylic acids is 1. The third-order valence-corrected chi connectivity index (χ3v) is 9.86. The van der Waals surface area contributed by atoms with E-state index in [1.807, 2.05) is 6.08 Å². The number of ketones is 1. The molecule has 4 saturated carbocycles. The van der Waals surface area contributed by atoms with Crippen LogP contribution in [0.2, 0.25) is 0 Å². The minimum atomic E-state index is -0.189. The molecule has 8 atom stereocenters. The van der Waals surface area contributed by atoms with E-state index in [1.54, 1.807) is 0 Å². The van der Waals surface area contributed by atoms with Gasteiger partial charge in [0.2, 0.25) is 0 Å². The molecule has 0 aromatic heterocycles. The summed E-state index contributed by atoms with van der Waals surface area (Å²) in [6.07, 6.45) is 12.9. The molecule has 0 aromatic rings. The molecule has 0 aliphatic heterocycles. The normalized spacial score (nSPS) is 54.0. The van der Waals surface area contributed by atoms with Crippen molar-refractivity contribution >= 4 is 5.78 Å². The summed E-state index contributed by atoms with van der Waals surface area (Å²) in [5, 5.41) is 10.4. The highest BCUT2D eigenvalue weighted by Gasteiger charge is 2.62. The van der Waals surface area contributed by atoms with Crippen molar-refractivity contribution in [3.63, 3.8) is 0 Å². The highest BCUT2D eigenvalue weighted by Crippen LogP contribution is 2.68. The van der Waals surface area contributed by atoms with Crippen LogP contribution in [0.1, 0.15) is 85.0 Å². The zero-order chi connectivity index (χ0) is 18.7. The Bertz CT molecular complexity index is 597. The van der Waals surface area contributed by atoms with Gasteiger partial charge < -0.3 is 5.11 Å². The van der Waals surface area contributed by atoms with Gasteiger partial charge >= 0.3 is 0 Å². The molecule has 4 rings (SSSR count). The average molecular weight is 359 g/mol. The molecule has 2 nitrogen and oxygen atoms in total. The highest BCUT2D eigenvalue weighted by molar-refractivity contribution is 5.86. The Kier molecular flexibility index (Phi) is 4.46. The molecular formula is C24H38O2. The summed E-state index contributed by atoms with van der Waals surface area (Å²) in [6.45, 7) is 11.2. The molecule has 1 N–H and O–H groups in total. The van der Waals surface area contributed by atoms with Crippen LogP contribution >= 0.6 is 0 Å². The molecule has 0 saturated heterocycles. The number of aliphatic hydroxyl groups is 1. The number of fused-ring (bicyclic) bond motifs is 5. The Labute approximate surface area is 159 Å². The Morgan fingerprint density at radius 3 is 2.42 bits per heavy atom. The van der Waals surface area contributed by atoms with Gasteiger partial charge in [-0.2, -0.15) is 0 Å². The number of hydrogen-bond acceptors (Lipinski definition) is 2.